The summed E-state index contributed by atoms with van der Waals surface area (Å²) in [6.07, 6.45) is 3.80. The Morgan fingerprint density at radius 2 is 1.80 bits per heavy atom. The largest absolute Gasteiger partial charge is 0.462 e. The number of nitrogens with one attached hydrogen (secondary N) is 2. The van der Waals surface area contributed by atoms with Gasteiger partial charge >= 0.3 is 5.97 Å². The van der Waals surface area contributed by atoms with Crippen LogP contribution in [-0.4, -0.2) is 37.6 Å². The van der Waals surface area contributed by atoms with Gasteiger partial charge in [-0.3, -0.25) is 9.59 Å². The van der Waals surface area contributed by atoms with Crippen LogP contribution in [0.1, 0.15) is 46.1 Å². The standard InChI is InChI=1S/C22H26N2O5S/c1-3-29-22(27)20-16-9-4-5-10-17(16)30-21(20)24-19(26)13-28-12-18(25)23-15-8-6-7-14(2)11-15/h6-8,11H,3-5,9-10,12-13H2,1-2H3,(H,23,25)(H,24,26). The van der Waals surface area contributed by atoms with Crippen molar-refractivity contribution in [3.05, 3.63) is 45.8 Å². The smallest absolute Gasteiger partial charge is 0.341 e. The molecule has 1 heterocycles. The number of carbonyl (C=O) groups is 3. The fourth-order valence-electron chi connectivity index (χ4n) is 3.39. The molecule has 1 aliphatic rings. The number of aryl methyl sites for hydroxylation is 2. The molecule has 7 nitrogen and oxygen atoms in total. The molecule has 0 atom stereocenters. The summed E-state index contributed by atoms with van der Waals surface area (Å²) in [5, 5.41) is 5.98. The maximum absolute atomic E-state index is 12.4. The minimum Gasteiger partial charge on any atom is -0.462 e. The van der Waals surface area contributed by atoms with E-state index in [0.29, 0.717) is 16.3 Å². The minimum atomic E-state index is -0.414. The third-order valence-corrected chi connectivity index (χ3v) is 5.88. The number of hydrogen-bond acceptors (Lipinski definition) is 6. The van der Waals surface area contributed by atoms with E-state index in [1.165, 1.54) is 11.3 Å². The van der Waals surface area contributed by atoms with Crippen molar-refractivity contribution in [2.75, 3.05) is 30.5 Å². The Morgan fingerprint density at radius 3 is 2.53 bits per heavy atom. The molecule has 1 aliphatic carbocycles. The van der Waals surface area contributed by atoms with Crippen molar-refractivity contribution in [2.45, 2.75) is 39.5 Å². The van der Waals surface area contributed by atoms with Crippen molar-refractivity contribution in [3.63, 3.8) is 0 Å². The molecule has 2 amide bonds. The number of ether oxygens (including phenoxy) is 2. The highest BCUT2D eigenvalue weighted by molar-refractivity contribution is 7.17. The molecule has 8 heteroatoms. The second-order valence-electron chi connectivity index (χ2n) is 7.09. The van der Waals surface area contributed by atoms with Crippen molar-refractivity contribution in [2.24, 2.45) is 0 Å². The average Bonchev–Trinajstić information content (AvgIpc) is 3.05. The first-order chi connectivity index (χ1) is 14.5. The van der Waals surface area contributed by atoms with E-state index in [9.17, 15) is 14.4 Å². The predicted octanol–water partition coefficient (Wildman–Crippen LogP) is 3.71. The minimum absolute atomic E-state index is 0.243. The average molecular weight is 431 g/mol. The van der Waals surface area contributed by atoms with Crippen LogP contribution in [0.3, 0.4) is 0 Å². The second kappa shape index (κ2) is 10.4. The third kappa shape index (κ3) is 5.67. The van der Waals surface area contributed by atoms with Gasteiger partial charge in [0.15, 0.2) is 0 Å². The number of rotatable bonds is 8. The molecule has 3 rings (SSSR count). The molecule has 1 aromatic heterocycles. The molecule has 1 aromatic carbocycles. The summed E-state index contributed by atoms with van der Waals surface area (Å²) < 4.78 is 10.4. The number of fused-ring (bicyclic) bond motifs is 1. The molecule has 160 valence electrons. The number of hydrogen-bond donors (Lipinski definition) is 2. The lowest BCUT2D eigenvalue weighted by atomic mass is 9.95. The van der Waals surface area contributed by atoms with Gasteiger partial charge in [0.1, 0.15) is 18.2 Å². The predicted molar refractivity (Wildman–Crippen MR) is 116 cm³/mol. The van der Waals surface area contributed by atoms with Gasteiger partial charge < -0.3 is 20.1 Å². The molecule has 0 spiro atoms. The quantitative estimate of drug-likeness (QED) is 0.623. The van der Waals surface area contributed by atoms with Crippen LogP contribution < -0.4 is 10.6 Å². The zero-order chi connectivity index (χ0) is 21.5. The van der Waals surface area contributed by atoms with E-state index in [-0.39, 0.29) is 25.7 Å². The van der Waals surface area contributed by atoms with Crippen molar-refractivity contribution < 1.29 is 23.9 Å². The molecule has 30 heavy (non-hydrogen) atoms. The van der Waals surface area contributed by atoms with Gasteiger partial charge in [0, 0.05) is 10.6 Å². The molecular weight excluding hydrogens is 404 g/mol. The van der Waals surface area contributed by atoms with Crippen LogP contribution in [0.5, 0.6) is 0 Å². The van der Waals surface area contributed by atoms with Crippen molar-refractivity contribution in [3.8, 4) is 0 Å². The van der Waals surface area contributed by atoms with E-state index < -0.39 is 11.9 Å². The van der Waals surface area contributed by atoms with Gasteiger partial charge in [0.2, 0.25) is 5.91 Å². The zero-order valence-electron chi connectivity index (χ0n) is 17.2. The van der Waals surface area contributed by atoms with E-state index in [2.05, 4.69) is 10.6 Å². The normalized spacial score (nSPS) is 12.7. The summed E-state index contributed by atoms with van der Waals surface area (Å²) in [5.74, 6) is -1.17. The Labute approximate surface area is 179 Å². The van der Waals surface area contributed by atoms with Gasteiger partial charge in [0.25, 0.3) is 5.91 Å². The Bertz CT molecular complexity index is 938. The molecular formula is C22H26N2O5S. The number of carbonyl (C=O) groups excluding carboxylic acids is 3. The highest BCUT2D eigenvalue weighted by Gasteiger charge is 2.27. The van der Waals surface area contributed by atoms with Crippen LogP contribution in [0.2, 0.25) is 0 Å². The Hall–Kier alpha value is -2.71. The number of anilines is 2. The SMILES string of the molecule is CCOC(=O)c1c(NC(=O)COCC(=O)Nc2cccc(C)c2)sc2c1CCCC2. The van der Waals surface area contributed by atoms with Crippen LogP contribution in [-0.2, 0) is 31.9 Å². The molecule has 2 aromatic rings. The maximum atomic E-state index is 12.4. The summed E-state index contributed by atoms with van der Waals surface area (Å²) in [4.78, 5) is 37.9. The number of benzene rings is 1. The van der Waals surface area contributed by atoms with Crippen LogP contribution in [0.25, 0.3) is 0 Å². The lowest BCUT2D eigenvalue weighted by molar-refractivity contribution is -0.125. The maximum Gasteiger partial charge on any atom is 0.341 e. The van der Waals surface area contributed by atoms with E-state index in [1.807, 2.05) is 25.1 Å². The molecule has 0 fully saturated rings. The molecule has 0 unspecified atom stereocenters. The molecule has 0 saturated carbocycles. The topological polar surface area (TPSA) is 93.7 Å². The lowest BCUT2D eigenvalue weighted by Gasteiger charge is -2.12. The summed E-state index contributed by atoms with van der Waals surface area (Å²) in [6.45, 7) is 3.43. The second-order valence-corrected chi connectivity index (χ2v) is 8.20. The summed E-state index contributed by atoms with van der Waals surface area (Å²) >= 11 is 1.42. The van der Waals surface area contributed by atoms with Crippen LogP contribution in [0.15, 0.2) is 24.3 Å². The van der Waals surface area contributed by atoms with E-state index >= 15 is 0 Å². The Kier molecular flexibility index (Phi) is 7.59. The molecule has 0 bridgehead atoms. The first kappa shape index (κ1) is 22.0. The fourth-order valence-corrected chi connectivity index (χ4v) is 4.69. The van der Waals surface area contributed by atoms with Gasteiger partial charge in [-0.1, -0.05) is 12.1 Å². The van der Waals surface area contributed by atoms with Gasteiger partial charge in [-0.05, 0) is 62.8 Å². The lowest BCUT2D eigenvalue weighted by Crippen LogP contribution is -2.24. The van der Waals surface area contributed by atoms with E-state index in [4.69, 9.17) is 9.47 Å². The Morgan fingerprint density at radius 1 is 1.07 bits per heavy atom. The third-order valence-electron chi connectivity index (χ3n) is 4.67. The summed E-state index contributed by atoms with van der Waals surface area (Å²) in [7, 11) is 0. The van der Waals surface area contributed by atoms with E-state index in [1.54, 1.807) is 13.0 Å². The first-order valence-corrected chi connectivity index (χ1v) is 10.8. The summed E-state index contributed by atoms with van der Waals surface area (Å²) in [5.41, 5.74) is 3.15. The van der Waals surface area contributed by atoms with Gasteiger partial charge in [0.05, 0.1) is 12.2 Å². The van der Waals surface area contributed by atoms with E-state index in [0.717, 1.165) is 41.7 Å². The molecule has 0 radical (unpaired) electrons. The molecule has 0 saturated heterocycles. The van der Waals surface area contributed by atoms with Crippen LogP contribution in [0.4, 0.5) is 10.7 Å². The van der Waals surface area contributed by atoms with Crippen molar-refractivity contribution in [1.82, 2.24) is 0 Å². The summed E-state index contributed by atoms with van der Waals surface area (Å²) in [6, 6.07) is 7.41. The first-order valence-electron chi connectivity index (χ1n) is 10.0. The van der Waals surface area contributed by atoms with Crippen molar-refractivity contribution in [1.29, 1.82) is 0 Å². The monoisotopic (exact) mass is 430 g/mol. The van der Waals surface area contributed by atoms with Crippen LogP contribution in [0, 0.1) is 6.92 Å². The van der Waals surface area contributed by atoms with Gasteiger partial charge in [-0.2, -0.15) is 0 Å². The molecule has 2 N–H and O–H groups in total. The number of esters is 1. The van der Waals surface area contributed by atoms with Crippen LogP contribution >= 0.6 is 11.3 Å². The van der Waals surface area contributed by atoms with Gasteiger partial charge in [-0.15, -0.1) is 11.3 Å². The Balaban J connectivity index is 1.55. The fraction of sp³-hybridized carbons (Fsp3) is 0.409. The van der Waals surface area contributed by atoms with Gasteiger partial charge in [-0.25, -0.2) is 4.79 Å². The van der Waals surface area contributed by atoms with Crippen molar-refractivity contribution >= 4 is 39.8 Å². The highest BCUT2D eigenvalue weighted by atomic mass is 32.1. The number of thiophene rings is 1. The highest BCUT2D eigenvalue weighted by Crippen LogP contribution is 2.38. The zero-order valence-corrected chi connectivity index (χ0v) is 18.0. The number of amides is 2. The molecule has 0 aliphatic heterocycles.